The van der Waals surface area contributed by atoms with Gasteiger partial charge in [-0.2, -0.15) is 0 Å². The van der Waals surface area contributed by atoms with Crippen molar-refractivity contribution in [2.75, 3.05) is 26.2 Å². The average Bonchev–Trinajstić information content (AvgIpc) is 2.63. The zero-order valence-electron chi connectivity index (χ0n) is 11.8. The summed E-state index contributed by atoms with van der Waals surface area (Å²) in [6, 6.07) is 0.635. The first-order valence-corrected chi connectivity index (χ1v) is 7.07. The van der Waals surface area contributed by atoms with Crippen LogP contribution in [0.25, 0.3) is 0 Å². The maximum Gasteiger partial charge on any atom is 0.0706 e. The Morgan fingerprint density at radius 1 is 1.29 bits per heavy atom. The van der Waals surface area contributed by atoms with Crippen molar-refractivity contribution < 1.29 is 4.74 Å². The van der Waals surface area contributed by atoms with Gasteiger partial charge in [0, 0.05) is 32.2 Å². The molecular weight excluding hydrogens is 212 g/mol. The van der Waals surface area contributed by atoms with E-state index in [1.807, 2.05) is 0 Å². The van der Waals surface area contributed by atoms with Crippen LogP contribution in [-0.2, 0) is 4.74 Å². The maximum atomic E-state index is 5.96. The lowest BCUT2D eigenvalue weighted by Gasteiger charge is -2.44. The van der Waals surface area contributed by atoms with Crippen LogP contribution in [-0.4, -0.2) is 49.3 Å². The van der Waals surface area contributed by atoms with Crippen LogP contribution < -0.4 is 5.32 Å². The molecule has 100 valence electrons. The minimum Gasteiger partial charge on any atom is -0.374 e. The topological polar surface area (TPSA) is 24.5 Å². The van der Waals surface area contributed by atoms with E-state index < -0.39 is 0 Å². The summed E-state index contributed by atoms with van der Waals surface area (Å²) in [5.41, 5.74) is 0.345. The normalized spacial score (nSPS) is 36.4. The Hall–Kier alpha value is -0.120. The molecular formula is C14H28N2O. The average molecular weight is 240 g/mol. The Morgan fingerprint density at radius 2 is 2.06 bits per heavy atom. The van der Waals surface area contributed by atoms with Gasteiger partial charge in [-0.15, -0.1) is 0 Å². The lowest BCUT2D eigenvalue weighted by molar-refractivity contribution is -0.00333. The molecule has 2 heterocycles. The van der Waals surface area contributed by atoms with Gasteiger partial charge in [0.1, 0.15) is 0 Å². The highest BCUT2D eigenvalue weighted by Gasteiger charge is 2.34. The van der Waals surface area contributed by atoms with Crippen LogP contribution in [0.4, 0.5) is 0 Å². The van der Waals surface area contributed by atoms with Crippen molar-refractivity contribution in [3.63, 3.8) is 0 Å². The Morgan fingerprint density at radius 3 is 2.65 bits per heavy atom. The Bertz CT molecular complexity index is 249. The largest absolute Gasteiger partial charge is 0.374 e. The summed E-state index contributed by atoms with van der Waals surface area (Å²) in [5.74, 6) is 0. The second-order valence-electron chi connectivity index (χ2n) is 6.73. The fourth-order valence-electron chi connectivity index (χ4n) is 3.10. The fourth-order valence-corrected chi connectivity index (χ4v) is 3.10. The first kappa shape index (κ1) is 13.3. The van der Waals surface area contributed by atoms with Crippen LogP contribution in [0.3, 0.4) is 0 Å². The smallest absolute Gasteiger partial charge is 0.0706 e. The van der Waals surface area contributed by atoms with Crippen LogP contribution in [0.5, 0.6) is 0 Å². The number of nitrogens with zero attached hydrogens (tertiary/aromatic N) is 1. The number of nitrogens with one attached hydrogen (secondary N) is 1. The van der Waals surface area contributed by atoms with Crippen LogP contribution >= 0.6 is 0 Å². The summed E-state index contributed by atoms with van der Waals surface area (Å²) in [5, 5.41) is 3.52. The third kappa shape index (κ3) is 3.43. The molecule has 0 aliphatic carbocycles. The van der Waals surface area contributed by atoms with E-state index in [1.54, 1.807) is 0 Å². The molecule has 2 fully saturated rings. The SMILES string of the molecule is CC1CCC(CN2CCNCC2C(C)(C)C)O1. The molecule has 0 saturated carbocycles. The number of hydrogen-bond donors (Lipinski definition) is 1. The molecule has 2 rings (SSSR count). The molecule has 3 unspecified atom stereocenters. The highest BCUT2D eigenvalue weighted by molar-refractivity contribution is 4.90. The quantitative estimate of drug-likeness (QED) is 0.797. The predicted molar refractivity (Wildman–Crippen MR) is 71.3 cm³/mol. The van der Waals surface area contributed by atoms with Crippen molar-refractivity contribution in [2.45, 2.75) is 58.8 Å². The second-order valence-corrected chi connectivity index (χ2v) is 6.73. The Kier molecular flexibility index (Phi) is 4.11. The lowest BCUT2D eigenvalue weighted by Crippen LogP contribution is -2.58. The summed E-state index contributed by atoms with van der Waals surface area (Å²) in [6.07, 6.45) is 3.41. The highest BCUT2D eigenvalue weighted by Crippen LogP contribution is 2.27. The van der Waals surface area contributed by atoms with Gasteiger partial charge in [0.15, 0.2) is 0 Å². The van der Waals surface area contributed by atoms with Crippen molar-refractivity contribution in [1.29, 1.82) is 0 Å². The number of ether oxygens (including phenoxy) is 1. The molecule has 3 atom stereocenters. The van der Waals surface area contributed by atoms with E-state index >= 15 is 0 Å². The van der Waals surface area contributed by atoms with Gasteiger partial charge in [0.25, 0.3) is 0 Å². The summed E-state index contributed by atoms with van der Waals surface area (Å²) >= 11 is 0. The molecule has 1 N–H and O–H groups in total. The molecule has 0 aromatic heterocycles. The van der Waals surface area contributed by atoms with Gasteiger partial charge in [-0.05, 0) is 25.2 Å². The van der Waals surface area contributed by atoms with Crippen LogP contribution in [0.1, 0.15) is 40.5 Å². The van der Waals surface area contributed by atoms with Gasteiger partial charge in [-0.1, -0.05) is 20.8 Å². The molecule has 17 heavy (non-hydrogen) atoms. The van der Waals surface area contributed by atoms with Gasteiger partial charge in [0.05, 0.1) is 12.2 Å². The predicted octanol–water partition coefficient (Wildman–Crippen LogP) is 1.87. The van der Waals surface area contributed by atoms with Gasteiger partial charge in [-0.3, -0.25) is 4.90 Å². The third-order valence-electron chi connectivity index (χ3n) is 4.11. The van der Waals surface area contributed by atoms with E-state index in [-0.39, 0.29) is 0 Å². The van der Waals surface area contributed by atoms with E-state index in [9.17, 15) is 0 Å². The first-order valence-electron chi connectivity index (χ1n) is 7.07. The van der Waals surface area contributed by atoms with E-state index in [1.165, 1.54) is 12.8 Å². The van der Waals surface area contributed by atoms with E-state index in [0.717, 1.165) is 26.2 Å². The molecule has 0 amide bonds. The molecule has 2 saturated heterocycles. The standard InChI is InChI=1S/C14H28N2O/c1-11-5-6-12(17-11)10-16-8-7-15-9-13(16)14(2,3)4/h11-13,15H,5-10H2,1-4H3. The lowest BCUT2D eigenvalue weighted by atomic mass is 9.84. The monoisotopic (exact) mass is 240 g/mol. The van der Waals surface area contributed by atoms with Gasteiger partial charge >= 0.3 is 0 Å². The van der Waals surface area contributed by atoms with Crippen LogP contribution in [0.2, 0.25) is 0 Å². The third-order valence-corrected chi connectivity index (χ3v) is 4.11. The van der Waals surface area contributed by atoms with E-state index in [0.29, 0.717) is 23.7 Å². The zero-order valence-corrected chi connectivity index (χ0v) is 11.8. The Balaban J connectivity index is 1.92. The summed E-state index contributed by atoms with van der Waals surface area (Å²) < 4.78 is 5.96. The van der Waals surface area contributed by atoms with Crippen molar-refractivity contribution in [1.82, 2.24) is 10.2 Å². The molecule has 0 bridgehead atoms. The zero-order chi connectivity index (χ0) is 12.5. The van der Waals surface area contributed by atoms with Crippen LogP contribution in [0.15, 0.2) is 0 Å². The van der Waals surface area contributed by atoms with E-state index in [2.05, 4.69) is 37.9 Å². The minimum absolute atomic E-state index is 0.345. The second kappa shape index (κ2) is 5.25. The summed E-state index contributed by atoms with van der Waals surface area (Å²) in [6.45, 7) is 13.7. The molecule has 0 spiro atoms. The van der Waals surface area contributed by atoms with Crippen molar-refractivity contribution >= 4 is 0 Å². The molecule has 2 aliphatic heterocycles. The van der Waals surface area contributed by atoms with Gasteiger partial charge in [-0.25, -0.2) is 0 Å². The van der Waals surface area contributed by atoms with E-state index in [4.69, 9.17) is 4.74 Å². The fraction of sp³-hybridized carbons (Fsp3) is 1.00. The van der Waals surface area contributed by atoms with Crippen LogP contribution in [0, 0.1) is 5.41 Å². The molecule has 0 aromatic rings. The van der Waals surface area contributed by atoms with Crippen molar-refractivity contribution in [3.05, 3.63) is 0 Å². The van der Waals surface area contributed by atoms with Crippen molar-refractivity contribution in [2.24, 2.45) is 5.41 Å². The molecule has 3 nitrogen and oxygen atoms in total. The molecule has 0 aromatic carbocycles. The van der Waals surface area contributed by atoms with Gasteiger partial charge < -0.3 is 10.1 Å². The number of piperazine rings is 1. The number of hydrogen-bond acceptors (Lipinski definition) is 3. The summed E-state index contributed by atoms with van der Waals surface area (Å²) in [7, 11) is 0. The van der Waals surface area contributed by atoms with Gasteiger partial charge in [0.2, 0.25) is 0 Å². The molecule has 3 heteroatoms. The number of rotatable bonds is 2. The van der Waals surface area contributed by atoms with Crippen molar-refractivity contribution in [3.8, 4) is 0 Å². The minimum atomic E-state index is 0.345. The molecule has 0 radical (unpaired) electrons. The maximum absolute atomic E-state index is 5.96. The highest BCUT2D eigenvalue weighted by atomic mass is 16.5. The summed E-state index contributed by atoms with van der Waals surface area (Å²) in [4.78, 5) is 2.64. The molecule has 2 aliphatic rings. The first-order chi connectivity index (χ1) is 7.97. The Labute approximate surface area is 106 Å².